The third-order valence-electron chi connectivity index (χ3n) is 4.49. The smallest absolute Gasteiger partial charge is 0.347 e. The number of aromatic nitrogens is 1. The first-order valence-corrected chi connectivity index (χ1v) is 10.5. The van der Waals surface area contributed by atoms with Crippen LogP contribution in [-0.2, 0) is 17.7 Å². The van der Waals surface area contributed by atoms with Crippen LogP contribution in [0.5, 0.6) is 0 Å². The highest BCUT2D eigenvalue weighted by atomic mass is 32.2. The first-order valence-electron chi connectivity index (χ1n) is 9.36. The van der Waals surface area contributed by atoms with Crippen LogP contribution >= 0.6 is 0 Å². The Morgan fingerprint density at radius 2 is 1.72 bits per heavy atom. The Balaban J connectivity index is 2.76. The lowest BCUT2D eigenvalue weighted by Crippen LogP contribution is -2.39. The van der Waals surface area contributed by atoms with Crippen molar-refractivity contribution in [3.8, 4) is 0 Å². The molecular formula is C20H29F4N3OS. The highest BCUT2D eigenvalue weighted by Crippen LogP contribution is 2.39. The van der Waals surface area contributed by atoms with Gasteiger partial charge in [0.1, 0.15) is 11.9 Å². The summed E-state index contributed by atoms with van der Waals surface area (Å²) in [6.07, 6.45) is -3.31. The van der Waals surface area contributed by atoms with E-state index >= 15 is 0 Å². The third-order valence-corrected chi connectivity index (χ3v) is 5.59. The molecule has 0 amide bonds. The number of hydrogen-bond acceptors (Lipinski definition) is 1. The molecule has 0 fully saturated rings. The number of benzene rings is 1. The first kappa shape index (κ1) is 23.8. The van der Waals surface area contributed by atoms with E-state index in [1.165, 1.54) is 20.3 Å². The second-order valence-electron chi connectivity index (χ2n) is 8.97. The summed E-state index contributed by atoms with van der Waals surface area (Å²) in [6.45, 7) is 10.1. The lowest BCUT2D eigenvalue weighted by atomic mass is 9.96. The molecule has 9 heteroatoms. The van der Waals surface area contributed by atoms with Gasteiger partial charge in [0.2, 0.25) is 0 Å². The molecular weight excluding hydrogens is 406 g/mol. The molecule has 2 atom stereocenters. The van der Waals surface area contributed by atoms with E-state index in [-0.39, 0.29) is 22.3 Å². The van der Waals surface area contributed by atoms with Crippen LogP contribution < -0.4 is 4.72 Å². The molecule has 0 aliphatic carbocycles. The van der Waals surface area contributed by atoms with Gasteiger partial charge in [-0.1, -0.05) is 34.6 Å². The Bertz CT molecular complexity index is 898. The normalized spacial score (nSPS) is 15.5. The molecule has 0 aliphatic heterocycles. The number of rotatable bonds is 6. The van der Waals surface area contributed by atoms with Gasteiger partial charge < -0.3 is 4.57 Å². The molecule has 0 radical (unpaired) electrons. The van der Waals surface area contributed by atoms with Gasteiger partial charge in [0, 0.05) is 43.3 Å². The molecule has 1 heterocycles. The van der Waals surface area contributed by atoms with Crippen molar-refractivity contribution in [2.75, 3.05) is 14.1 Å². The summed E-state index contributed by atoms with van der Waals surface area (Å²) in [5, 5.41) is 0.168. The minimum absolute atomic E-state index is 0.112. The van der Waals surface area contributed by atoms with E-state index < -0.39 is 29.2 Å². The van der Waals surface area contributed by atoms with E-state index in [0.29, 0.717) is 17.6 Å². The van der Waals surface area contributed by atoms with Gasteiger partial charge in [0.05, 0.1) is 0 Å². The SMILES string of the molecule is CC(C)c1cc2c(cc1F)c([C@H](NS(=O)N(C)C)C(F)(F)F)cn2CC(C)(C)C. The first-order chi connectivity index (χ1) is 13.1. The van der Waals surface area contributed by atoms with Crippen molar-refractivity contribution >= 4 is 22.1 Å². The van der Waals surface area contributed by atoms with Gasteiger partial charge in [-0.3, -0.25) is 0 Å². The van der Waals surface area contributed by atoms with Gasteiger partial charge in [-0.25, -0.2) is 17.6 Å². The number of nitrogens with one attached hydrogen (secondary N) is 1. The molecule has 0 spiro atoms. The molecule has 2 aromatic rings. The van der Waals surface area contributed by atoms with Crippen LogP contribution in [0, 0.1) is 11.2 Å². The summed E-state index contributed by atoms with van der Waals surface area (Å²) in [6, 6.07) is 0.595. The van der Waals surface area contributed by atoms with Crippen LogP contribution in [0.4, 0.5) is 17.6 Å². The molecule has 1 unspecified atom stereocenters. The topological polar surface area (TPSA) is 37.3 Å². The van der Waals surface area contributed by atoms with Crippen LogP contribution in [0.1, 0.15) is 57.7 Å². The second-order valence-corrected chi connectivity index (χ2v) is 10.4. The van der Waals surface area contributed by atoms with Gasteiger partial charge in [0.15, 0.2) is 11.2 Å². The monoisotopic (exact) mass is 435 g/mol. The minimum atomic E-state index is -4.71. The molecule has 2 rings (SSSR count). The van der Waals surface area contributed by atoms with Crippen molar-refractivity contribution in [1.82, 2.24) is 13.6 Å². The van der Waals surface area contributed by atoms with Crippen LogP contribution in [0.3, 0.4) is 0 Å². The van der Waals surface area contributed by atoms with Crippen molar-refractivity contribution in [3.63, 3.8) is 0 Å². The number of hydrogen-bond donors (Lipinski definition) is 1. The van der Waals surface area contributed by atoms with E-state index in [4.69, 9.17) is 0 Å². The largest absolute Gasteiger partial charge is 0.408 e. The maximum Gasteiger partial charge on any atom is 0.408 e. The quantitative estimate of drug-likeness (QED) is 0.616. The lowest BCUT2D eigenvalue weighted by Gasteiger charge is -2.23. The molecule has 0 bridgehead atoms. The van der Waals surface area contributed by atoms with E-state index in [0.717, 1.165) is 10.4 Å². The fraction of sp³-hybridized carbons (Fsp3) is 0.600. The average Bonchev–Trinajstić information content (AvgIpc) is 2.85. The zero-order valence-electron chi connectivity index (χ0n) is 17.8. The average molecular weight is 436 g/mol. The van der Waals surface area contributed by atoms with Crippen LogP contribution in [0.25, 0.3) is 10.9 Å². The molecule has 164 valence electrons. The van der Waals surface area contributed by atoms with E-state index in [2.05, 4.69) is 4.72 Å². The number of nitrogens with zero attached hydrogens (tertiary/aromatic N) is 2. The summed E-state index contributed by atoms with van der Waals surface area (Å²) in [4.78, 5) is 0. The molecule has 0 saturated carbocycles. The third kappa shape index (κ3) is 5.58. The molecule has 0 saturated heterocycles. The highest BCUT2D eigenvalue weighted by molar-refractivity contribution is 7.80. The van der Waals surface area contributed by atoms with E-state index in [1.54, 1.807) is 10.6 Å². The maximum atomic E-state index is 14.7. The zero-order chi connectivity index (χ0) is 22.3. The Kier molecular flexibility index (Phi) is 6.86. The standard InChI is InChI=1S/C20H29F4N3OS/c1-12(2)13-9-17-14(8-16(13)21)15(10-27(17)11-19(3,4)5)18(20(22,23)24)25-29(28)26(6)7/h8-10,12,18,25H,11H2,1-7H3/t18-,29?/m0/s1. The van der Waals surface area contributed by atoms with Crippen LogP contribution in [-0.4, -0.2) is 33.4 Å². The number of fused-ring (bicyclic) bond motifs is 1. The molecule has 0 aliphatic rings. The van der Waals surface area contributed by atoms with E-state index in [9.17, 15) is 21.8 Å². The highest BCUT2D eigenvalue weighted by Gasteiger charge is 2.44. The zero-order valence-corrected chi connectivity index (χ0v) is 18.6. The number of halogens is 4. The van der Waals surface area contributed by atoms with Crippen molar-refractivity contribution in [2.24, 2.45) is 5.41 Å². The summed E-state index contributed by atoms with van der Waals surface area (Å²) < 4.78 is 73.5. The lowest BCUT2D eigenvalue weighted by molar-refractivity contribution is -0.152. The minimum Gasteiger partial charge on any atom is -0.347 e. The van der Waals surface area contributed by atoms with Gasteiger partial charge in [-0.2, -0.15) is 13.2 Å². The van der Waals surface area contributed by atoms with Crippen molar-refractivity contribution in [2.45, 2.75) is 59.3 Å². The number of alkyl halides is 3. The Labute approximate surface area is 172 Å². The second kappa shape index (κ2) is 8.35. The fourth-order valence-electron chi connectivity index (χ4n) is 3.18. The van der Waals surface area contributed by atoms with Crippen LogP contribution in [0.15, 0.2) is 18.3 Å². The van der Waals surface area contributed by atoms with Gasteiger partial charge in [-0.05, 0) is 29.0 Å². The van der Waals surface area contributed by atoms with Crippen molar-refractivity contribution in [3.05, 3.63) is 35.3 Å². The van der Waals surface area contributed by atoms with Crippen molar-refractivity contribution in [1.29, 1.82) is 0 Å². The molecule has 1 aromatic carbocycles. The Morgan fingerprint density at radius 1 is 1.14 bits per heavy atom. The summed E-state index contributed by atoms with van der Waals surface area (Å²) >= 11 is -2.06. The Hall–Kier alpha value is -1.45. The molecule has 1 aromatic heterocycles. The molecule has 1 N–H and O–H groups in total. The van der Waals surface area contributed by atoms with Gasteiger partial charge in [-0.15, -0.1) is 0 Å². The molecule has 4 nitrogen and oxygen atoms in total. The van der Waals surface area contributed by atoms with Gasteiger partial charge >= 0.3 is 6.18 Å². The van der Waals surface area contributed by atoms with Crippen LogP contribution in [0.2, 0.25) is 0 Å². The predicted molar refractivity (Wildman–Crippen MR) is 109 cm³/mol. The fourth-order valence-corrected chi connectivity index (χ4v) is 3.85. The van der Waals surface area contributed by atoms with Gasteiger partial charge in [0.25, 0.3) is 0 Å². The summed E-state index contributed by atoms with van der Waals surface area (Å²) in [5.41, 5.74) is 0.641. The van der Waals surface area contributed by atoms with Crippen molar-refractivity contribution < 1.29 is 21.8 Å². The Morgan fingerprint density at radius 3 is 2.17 bits per heavy atom. The molecule has 29 heavy (non-hydrogen) atoms. The predicted octanol–water partition coefficient (Wildman–Crippen LogP) is 5.28. The summed E-state index contributed by atoms with van der Waals surface area (Å²) in [7, 11) is 2.82. The van der Waals surface area contributed by atoms with E-state index in [1.807, 2.05) is 34.6 Å². The maximum absolute atomic E-state index is 14.7. The summed E-state index contributed by atoms with van der Waals surface area (Å²) in [5.74, 6) is -0.657.